The van der Waals surface area contributed by atoms with E-state index in [-0.39, 0.29) is 5.91 Å². The van der Waals surface area contributed by atoms with Crippen molar-refractivity contribution >= 4 is 44.1 Å². The summed E-state index contributed by atoms with van der Waals surface area (Å²) in [6, 6.07) is 19.2. The second-order valence-electron chi connectivity index (χ2n) is 5.68. The molecule has 1 amide bonds. The van der Waals surface area contributed by atoms with Gasteiger partial charge in [-0.3, -0.25) is 9.78 Å². The van der Waals surface area contributed by atoms with E-state index in [4.69, 9.17) is 4.98 Å². The van der Waals surface area contributed by atoms with Crippen LogP contribution in [0.15, 0.2) is 70.6 Å². The van der Waals surface area contributed by atoms with Gasteiger partial charge in [0.25, 0.3) is 5.91 Å². The minimum atomic E-state index is -0.133. The van der Waals surface area contributed by atoms with Gasteiger partial charge < -0.3 is 5.32 Å². The number of pyridine rings is 2. The van der Waals surface area contributed by atoms with Crippen molar-refractivity contribution in [3.8, 4) is 10.6 Å². The highest BCUT2D eigenvalue weighted by atomic mass is 79.9. The minimum absolute atomic E-state index is 0.133. The van der Waals surface area contributed by atoms with Crippen molar-refractivity contribution < 1.29 is 4.79 Å². The molecule has 0 aliphatic heterocycles. The Hall–Kier alpha value is -2.57. The first-order valence-corrected chi connectivity index (χ1v) is 9.65. The fourth-order valence-corrected chi connectivity index (χ4v) is 4.06. The van der Waals surface area contributed by atoms with Crippen molar-refractivity contribution in [1.82, 2.24) is 15.3 Å². The number of aromatic nitrogens is 2. The molecule has 0 fully saturated rings. The molecular formula is C20H14BrN3OS. The first-order chi connectivity index (χ1) is 12.7. The van der Waals surface area contributed by atoms with Crippen LogP contribution in [0.1, 0.15) is 16.1 Å². The van der Waals surface area contributed by atoms with Crippen LogP contribution in [0.5, 0.6) is 0 Å². The van der Waals surface area contributed by atoms with Gasteiger partial charge in [-0.15, -0.1) is 11.3 Å². The lowest BCUT2D eigenvalue weighted by Gasteiger charge is -2.10. The molecule has 4 nitrogen and oxygen atoms in total. The zero-order valence-corrected chi connectivity index (χ0v) is 16.0. The number of carbonyl (C=O) groups is 1. The van der Waals surface area contributed by atoms with Crippen LogP contribution in [0, 0.1) is 0 Å². The summed E-state index contributed by atoms with van der Waals surface area (Å²) in [5.41, 5.74) is 3.03. The molecule has 1 N–H and O–H groups in total. The Labute approximate surface area is 163 Å². The molecule has 128 valence electrons. The maximum atomic E-state index is 12.8. The molecule has 3 aromatic heterocycles. The van der Waals surface area contributed by atoms with Crippen LogP contribution in [0.25, 0.3) is 21.5 Å². The summed E-state index contributed by atoms with van der Waals surface area (Å²) < 4.78 is 1.03. The Kier molecular flexibility index (Phi) is 4.77. The maximum absolute atomic E-state index is 12.8. The predicted molar refractivity (Wildman–Crippen MR) is 108 cm³/mol. The van der Waals surface area contributed by atoms with Gasteiger partial charge in [-0.25, -0.2) is 4.98 Å². The molecule has 0 atom stereocenters. The third kappa shape index (κ3) is 3.52. The van der Waals surface area contributed by atoms with Crippen LogP contribution in [0.2, 0.25) is 0 Å². The smallest absolute Gasteiger partial charge is 0.252 e. The fraction of sp³-hybridized carbons (Fsp3) is 0.0500. The van der Waals surface area contributed by atoms with Gasteiger partial charge in [0.2, 0.25) is 0 Å². The third-order valence-electron chi connectivity index (χ3n) is 3.94. The van der Waals surface area contributed by atoms with Crippen molar-refractivity contribution in [2.75, 3.05) is 0 Å². The molecule has 0 radical (unpaired) electrons. The second-order valence-corrected chi connectivity index (χ2v) is 8.14. The number of hydrogen-bond donors (Lipinski definition) is 1. The van der Waals surface area contributed by atoms with Gasteiger partial charge in [-0.05, 0) is 52.3 Å². The Bertz CT molecular complexity index is 1080. The number of fused-ring (bicyclic) bond motifs is 1. The van der Waals surface area contributed by atoms with E-state index in [1.165, 1.54) is 0 Å². The Balaban J connectivity index is 1.71. The number of amides is 1. The largest absolute Gasteiger partial charge is 0.346 e. The van der Waals surface area contributed by atoms with Crippen LogP contribution in [0.3, 0.4) is 0 Å². The van der Waals surface area contributed by atoms with Crippen molar-refractivity contribution in [3.63, 3.8) is 0 Å². The Morgan fingerprint density at radius 3 is 2.69 bits per heavy atom. The Morgan fingerprint density at radius 1 is 1.08 bits per heavy atom. The van der Waals surface area contributed by atoms with Crippen LogP contribution in [0.4, 0.5) is 0 Å². The van der Waals surface area contributed by atoms with Gasteiger partial charge in [0.05, 0.1) is 37.7 Å². The van der Waals surface area contributed by atoms with E-state index < -0.39 is 0 Å². The number of nitrogens with one attached hydrogen (secondary N) is 1. The molecule has 0 aliphatic rings. The zero-order chi connectivity index (χ0) is 17.9. The fourth-order valence-electron chi connectivity index (χ4n) is 2.71. The number of halogens is 1. The van der Waals surface area contributed by atoms with E-state index in [0.717, 1.165) is 31.0 Å². The van der Waals surface area contributed by atoms with Crippen LogP contribution < -0.4 is 5.32 Å². The number of benzene rings is 1. The lowest BCUT2D eigenvalue weighted by molar-refractivity contribution is 0.0952. The summed E-state index contributed by atoms with van der Waals surface area (Å²) in [5, 5.41) is 3.79. The molecule has 3 heterocycles. The molecule has 26 heavy (non-hydrogen) atoms. The summed E-state index contributed by atoms with van der Waals surface area (Å²) in [6.45, 7) is 0.385. The summed E-state index contributed by atoms with van der Waals surface area (Å²) in [6.07, 6.45) is 1.72. The van der Waals surface area contributed by atoms with Gasteiger partial charge in [-0.2, -0.15) is 0 Å². The summed E-state index contributed by atoms with van der Waals surface area (Å²) in [4.78, 5) is 22.8. The topological polar surface area (TPSA) is 54.9 Å². The van der Waals surface area contributed by atoms with Gasteiger partial charge in [0, 0.05) is 11.6 Å². The number of para-hydroxylation sites is 1. The summed E-state index contributed by atoms with van der Waals surface area (Å²) in [7, 11) is 0. The number of thiophene rings is 1. The number of nitrogens with zero attached hydrogens (tertiary/aromatic N) is 2. The maximum Gasteiger partial charge on any atom is 0.252 e. The molecule has 4 aromatic rings. The number of rotatable bonds is 4. The monoisotopic (exact) mass is 423 g/mol. The Morgan fingerprint density at radius 2 is 1.92 bits per heavy atom. The van der Waals surface area contributed by atoms with Crippen LogP contribution in [-0.2, 0) is 6.54 Å². The van der Waals surface area contributed by atoms with E-state index in [1.54, 1.807) is 17.5 Å². The summed E-state index contributed by atoms with van der Waals surface area (Å²) >= 11 is 5.07. The van der Waals surface area contributed by atoms with Gasteiger partial charge in [0.15, 0.2) is 0 Å². The molecule has 6 heteroatoms. The van der Waals surface area contributed by atoms with Crippen LogP contribution >= 0.6 is 27.3 Å². The molecule has 0 spiro atoms. The number of hydrogen-bond acceptors (Lipinski definition) is 4. The lowest BCUT2D eigenvalue weighted by atomic mass is 10.1. The normalized spacial score (nSPS) is 10.8. The highest BCUT2D eigenvalue weighted by Gasteiger charge is 2.14. The molecule has 0 bridgehead atoms. The van der Waals surface area contributed by atoms with E-state index in [1.807, 2.05) is 60.7 Å². The molecule has 4 rings (SSSR count). The third-order valence-corrected chi connectivity index (χ3v) is 5.59. The molecule has 0 saturated carbocycles. The first kappa shape index (κ1) is 16.9. The predicted octanol–water partition coefficient (Wildman–Crippen LogP) is 5.05. The minimum Gasteiger partial charge on any atom is -0.346 e. The first-order valence-electron chi connectivity index (χ1n) is 8.04. The molecule has 1 aromatic carbocycles. The van der Waals surface area contributed by atoms with Gasteiger partial charge in [0.1, 0.15) is 0 Å². The van der Waals surface area contributed by atoms with Crippen LogP contribution in [-0.4, -0.2) is 15.9 Å². The van der Waals surface area contributed by atoms with Crippen molar-refractivity contribution in [1.29, 1.82) is 0 Å². The average molecular weight is 424 g/mol. The van der Waals surface area contributed by atoms with E-state index in [2.05, 4.69) is 26.2 Å². The molecular weight excluding hydrogens is 410 g/mol. The number of carbonyl (C=O) groups excluding carboxylic acids is 1. The van der Waals surface area contributed by atoms with Crippen molar-refractivity contribution in [2.24, 2.45) is 0 Å². The highest BCUT2D eigenvalue weighted by molar-refractivity contribution is 9.11. The van der Waals surface area contributed by atoms with E-state index in [9.17, 15) is 4.79 Å². The van der Waals surface area contributed by atoms with E-state index in [0.29, 0.717) is 12.1 Å². The lowest BCUT2D eigenvalue weighted by Crippen LogP contribution is -2.23. The van der Waals surface area contributed by atoms with Crippen molar-refractivity contribution in [3.05, 3.63) is 81.9 Å². The highest BCUT2D eigenvalue weighted by Crippen LogP contribution is 2.32. The van der Waals surface area contributed by atoms with Crippen molar-refractivity contribution in [2.45, 2.75) is 6.54 Å². The second kappa shape index (κ2) is 7.35. The summed E-state index contributed by atoms with van der Waals surface area (Å²) in [5.74, 6) is -0.133. The molecule has 0 unspecified atom stereocenters. The average Bonchev–Trinajstić information content (AvgIpc) is 3.12. The SMILES string of the molecule is O=C(NCc1ccccn1)c1cc(-c2ccc(Br)s2)nc2ccccc12. The standard InChI is InChI=1S/C20H14BrN3OS/c21-19-9-8-18(26-19)17-11-15(14-6-1-2-7-16(14)24-17)20(25)23-12-13-5-3-4-10-22-13/h1-11H,12H2,(H,23,25). The quantitative estimate of drug-likeness (QED) is 0.499. The zero-order valence-electron chi connectivity index (χ0n) is 13.6. The van der Waals surface area contributed by atoms with E-state index >= 15 is 0 Å². The van der Waals surface area contributed by atoms with Gasteiger partial charge in [-0.1, -0.05) is 24.3 Å². The molecule has 0 saturated heterocycles. The molecule has 0 aliphatic carbocycles. The van der Waals surface area contributed by atoms with Gasteiger partial charge >= 0.3 is 0 Å².